The molecule has 1 aromatic carbocycles. The number of aryl methyl sites for hydroxylation is 1. The molecule has 4 N–H and O–H groups in total. The minimum atomic E-state index is -4.38. The van der Waals surface area contributed by atoms with Crippen molar-refractivity contribution >= 4 is 58.5 Å². The number of ether oxygens (including phenoxy) is 1. The molecule has 286 valence electrons. The molecule has 17 heteroatoms. The fourth-order valence-corrected chi connectivity index (χ4v) is 8.40. The molecule has 5 heterocycles. The van der Waals surface area contributed by atoms with Crippen molar-refractivity contribution in [3.8, 4) is 11.1 Å². The molecule has 6 rings (SSSR count). The normalized spacial score (nSPS) is 17.1. The van der Waals surface area contributed by atoms with E-state index < -0.39 is 36.8 Å². The van der Waals surface area contributed by atoms with Crippen LogP contribution in [0.3, 0.4) is 0 Å². The second-order valence-corrected chi connectivity index (χ2v) is 16.0. The van der Waals surface area contributed by atoms with Gasteiger partial charge in [-0.05, 0) is 6.92 Å². The molecule has 0 amide bonds. The van der Waals surface area contributed by atoms with Gasteiger partial charge < -0.3 is 14.6 Å². The molecule has 0 saturated carbocycles. The molecular formula is C36H46F2N7O7P. The molecule has 1 saturated heterocycles. The molecule has 5 aromatic rings. The van der Waals surface area contributed by atoms with Crippen molar-refractivity contribution < 1.29 is 37.1 Å². The first-order chi connectivity index (χ1) is 24.9. The molecule has 2 atom stereocenters. The zero-order valence-corrected chi connectivity index (χ0v) is 32.0. The number of pyridine rings is 3. The zero-order valence-electron chi connectivity index (χ0n) is 31.0. The number of carbonyl (C=O) groups excluding carboxylic acids is 1. The molecule has 0 spiro atoms. The number of halogens is 2. The maximum atomic E-state index is 16.0. The Kier molecular flexibility index (Phi) is 10.5. The van der Waals surface area contributed by atoms with E-state index in [0.29, 0.717) is 64.2 Å². The average molecular weight is 758 g/mol. The summed E-state index contributed by atoms with van der Waals surface area (Å²) >= 11 is 0. The van der Waals surface area contributed by atoms with Crippen molar-refractivity contribution in [3.05, 3.63) is 58.1 Å². The summed E-state index contributed by atoms with van der Waals surface area (Å²) in [6.07, 6.45) is 5.30. The average Bonchev–Trinajstić information content (AvgIpc) is 3.66. The third-order valence-corrected chi connectivity index (χ3v) is 10.9. The van der Waals surface area contributed by atoms with E-state index in [1.54, 1.807) is 71.9 Å². The van der Waals surface area contributed by atoms with E-state index in [2.05, 4.69) is 25.2 Å². The van der Waals surface area contributed by atoms with Gasteiger partial charge >= 0.3 is 221 Å². The molecule has 0 radical (unpaired) electrons. The zero-order chi connectivity index (χ0) is 38.6. The van der Waals surface area contributed by atoms with Crippen molar-refractivity contribution in [2.45, 2.75) is 52.7 Å². The monoisotopic (exact) mass is 757 g/mol. The number of carbonyl (C=O) groups is 1. The molecular weight excluding hydrogens is 711 g/mol. The van der Waals surface area contributed by atoms with Gasteiger partial charge in [0.15, 0.2) is 0 Å². The van der Waals surface area contributed by atoms with Gasteiger partial charge in [-0.3, -0.25) is 4.79 Å². The van der Waals surface area contributed by atoms with Crippen LogP contribution in [0, 0.1) is 17.6 Å². The molecule has 1 aliphatic rings. The van der Waals surface area contributed by atoms with E-state index >= 15 is 8.78 Å². The van der Waals surface area contributed by atoms with Crippen LogP contribution in [0.15, 0.2) is 35.5 Å². The number of fused-ring (bicyclic) bond motifs is 4. The van der Waals surface area contributed by atoms with Gasteiger partial charge in [0, 0.05) is 26.4 Å². The van der Waals surface area contributed by atoms with Gasteiger partial charge in [0.2, 0.25) is 5.43 Å². The molecule has 4 aromatic heterocycles. The summed E-state index contributed by atoms with van der Waals surface area (Å²) in [6.45, 7) is 9.84. The van der Waals surface area contributed by atoms with Gasteiger partial charge in [0.25, 0.3) is 0 Å². The first-order valence-electron chi connectivity index (χ1n) is 17.4. The Morgan fingerprint density at radius 2 is 1.92 bits per heavy atom. The summed E-state index contributed by atoms with van der Waals surface area (Å²) < 4.78 is 48.6. The molecule has 1 aliphatic heterocycles. The van der Waals surface area contributed by atoms with Crippen LogP contribution in [0.25, 0.3) is 44.1 Å². The topological polar surface area (TPSA) is 167 Å². The van der Waals surface area contributed by atoms with Crippen LogP contribution in [-0.2, 0) is 20.8 Å². The quantitative estimate of drug-likeness (QED) is 0.0765. The first-order valence-corrected chi connectivity index (χ1v) is 19.1. The molecule has 0 aliphatic carbocycles. The number of H-pyrrole nitrogens is 1. The Bertz CT molecular complexity index is 2270. The van der Waals surface area contributed by atoms with Gasteiger partial charge in [-0.2, -0.15) is 0 Å². The Hall–Kier alpha value is -4.31. The minimum Gasteiger partial charge on any atom is -0.288 e. The number of rotatable bonds is 11. The predicted octanol–water partition coefficient (Wildman–Crippen LogP) is 5.46. The first kappa shape index (κ1) is 38.4. The fourth-order valence-electron chi connectivity index (χ4n) is 7.15. The van der Waals surface area contributed by atoms with Crippen LogP contribution < -0.4 is 15.6 Å². The van der Waals surface area contributed by atoms with E-state index in [4.69, 9.17) is 13.8 Å². The van der Waals surface area contributed by atoms with Crippen molar-refractivity contribution in [3.63, 3.8) is 0 Å². The number of nitrogens with zero attached hydrogens (tertiary/aromatic N) is 5. The summed E-state index contributed by atoms with van der Waals surface area (Å²) in [7, 11) is 0.710. The molecule has 0 unspecified atom stereocenters. The predicted molar refractivity (Wildman–Crippen MR) is 202 cm³/mol. The number of hydrogen-bond acceptors (Lipinski definition) is 12. The summed E-state index contributed by atoms with van der Waals surface area (Å²) in [5.74, 6) is -2.78. The van der Waals surface area contributed by atoms with Crippen LogP contribution in [0.4, 0.5) is 20.2 Å². The fraction of sp³-hybridized carbons (Fsp3) is 0.444. The third-order valence-electron chi connectivity index (χ3n) is 9.51. The van der Waals surface area contributed by atoms with Gasteiger partial charge in [0.05, 0.1) is 6.61 Å². The summed E-state index contributed by atoms with van der Waals surface area (Å²) in [4.78, 5) is 63.5. The number of anilines is 2. The van der Waals surface area contributed by atoms with E-state index in [1.807, 2.05) is 11.8 Å². The van der Waals surface area contributed by atoms with Crippen molar-refractivity contribution in [2.24, 2.45) is 13.0 Å². The number of nitrogens with one attached hydrogen (secondary N) is 2. The van der Waals surface area contributed by atoms with Crippen LogP contribution in [-0.4, -0.2) is 92.3 Å². The van der Waals surface area contributed by atoms with E-state index in [1.165, 1.54) is 6.20 Å². The molecule has 0 bridgehead atoms. The van der Waals surface area contributed by atoms with Crippen LogP contribution in [0.5, 0.6) is 0 Å². The Morgan fingerprint density at radius 1 is 1.19 bits per heavy atom. The van der Waals surface area contributed by atoms with E-state index in [9.17, 15) is 19.4 Å². The number of aromatic amines is 1. The Morgan fingerprint density at radius 3 is 2.60 bits per heavy atom. The Balaban J connectivity index is 1.47. The summed E-state index contributed by atoms with van der Waals surface area (Å²) in [5.41, 5.74) is 1.44. The van der Waals surface area contributed by atoms with E-state index in [-0.39, 0.29) is 41.6 Å². The van der Waals surface area contributed by atoms with Gasteiger partial charge in [-0.25, -0.2) is 9.18 Å². The third kappa shape index (κ3) is 7.44. The SMILES string of the molecule is CCOC(=O)c1cn(C)c2ncc(-c3cnc4[nH]c5c(NC)cc(F)c(F)c5c4c3N3CC[C@H](CN(C)CO[PH](O)(O)OC(C)(C)C)[C@@H]3C)cc2c1=O. The van der Waals surface area contributed by atoms with Gasteiger partial charge in [-0.15, -0.1) is 0 Å². The molecule has 53 heavy (non-hydrogen) atoms. The second kappa shape index (κ2) is 14.5. The standard InChI is InChI=1S/C36H46F2N7O7P/c1-9-50-35(47)24-17-44(8)34-22(32(24)46)12-21(14-41-34)23-15-40-33-28(27-29(38)25(37)13-26(39-6)30(27)42-33)31(23)45-11-10-20(19(45)2)16-43(7)18-51-53(48,49)52-36(3,4)5/h12-15,17,19-20,39,48-49,53H,9-11,16,18H2,1-8H3,(H,40,42)/t19-,20+/m0/s1. The number of aromatic nitrogens is 4. The second-order valence-electron chi connectivity index (χ2n) is 14.4. The maximum absolute atomic E-state index is 16.0. The smallest absolute Gasteiger partial charge is 0.288 e. The minimum absolute atomic E-state index is 0.0233. The summed E-state index contributed by atoms with van der Waals surface area (Å²) in [6, 6.07) is 2.56. The van der Waals surface area contributed by atoms with Crippen molar-refractivity contribution in [2.75, 3.05) is 50.7 Å². The number of esters is 1. The number of benzene rings is 1. The van der Waals surface area contributed by atoms with Crippen molar-refractivity contribution in [1.29, 1.82) is 0 Å². The molecule has 1 fully saturated rings. The van der Waals surface area contributed by atoms with Gasteiger partial charge in [-0.1, -0.05) is 0 Å². The van der Waals surface area contributed by atoms with Crippen LogP contribution >= 0.6 is 8.17 Å². The van der Waals surface area contributed by atoms with E-state index in [0.717, 1.165) is 6.07 Å². The van der Waals surface area contributed by atoms with Crippen LogP contribution in [0.2, 0.25) is 0 Å². The summed E-state index contributed by atoms with van der Waals surface area (Å²) in [5, 5.41) is 3.50. The van der Waals surface area contributed by atoms with Gasteiger partial charge in [0.1, 0.15) is 11.2 Å². The Labute approximate surface area is 305 Å². The van der Waals surface area contributed by atoms with Crippen LogP contribution in [0.1, 0.15) is 51.4 Å². The van der Waals surface area contributed by atoms with Crippen molar-refractivity contribution in [1.82, 2.24) is 24.4 Å². The number of hydrogen-bond donors (Lipinski definition) is 4. The molecule has 14 nitrogen and oxygen atoms in total.